The monoisotopic (exact) mass is 387 g/mol. The molecular formula is C21H26ClN3O2. The number of hydrogen-bond acceptors (Lipinski definition) is 4. The van der Waals surface area contributed by atoms with E-state index in [1.807, 2.05) is 42.5 Å². The minimum Gasteiger partial charge on any atom is -0.493 e. The molecule has 0 aromatic heterocycles. The van der Waals surface area contributed by atoms with Crippen LogP contribution >= 0.6 is 12.4 Å². The molecule has 3 atom stereocenters. The summed E-state index contributed by atoms with van der Waals surface area (Å²) in [5.41, 5.74) is 8.65. The zero-order valence-electron chi connectivity index (χ0n) is 15.2. The van der Waals surface area contributed by atoms with Gasteiger partial charge in [0.2, 0.25) is 5.91 Å². The third-order valence-electron chi connectivity index (χ3n) is 5.33. The van der Waals surface area contributed by atoms with Crippen LogP contribution in [-0.4, -0.2) is 43.1 Å². The molecule has 3 N–H and O–H groups in total. The summed E-state index contributed by atoms with van der Waals surface area (Å²) in [5, 5.41) is 3.17. The average molecular weight is 388 g/mol. The van der Waals surface area contributed by atoms with Crippen molar-refractivity contribution in [3.05, 3.63) is 65.7 Å². The highest BCUT2D eigenvalue weighted by atomic mass is 35.5. The number of para-hydroxylation sites is 1. The Labute approximate surface area is 166 Å². The predicted molar refractivity (Wildman–Crippen MR) is 108 cm³/mol. The molecule has 0 aliphatic carbocycles. The maximum Gasteiger partial charge on any atom is 0.234 e. The topological polar surface area (TPSA) is 67.6 Å². The van der Waals surface area contributed by atoms with E-state index in [0.717, 1.165) is 30.8 Å². The van der Waals surface area contributed by atoms with E-state index in [4.69, 9.17) is 10.5 Å². The lowest BCUT2D eigenvalue weighted by Crippen LogP contribution is -2.40. The molecule has 2 heterocycles. The van der Waals surface area contributed by atoms with E-state index in [1.165, 1.54) is 5.56 Å². The molecular weight excluding hydrogens is 362 g/mol. The van der Waals surface area contributed by atoms with E-state index in [2.05, 4.69) is 22.3 Å². The van der Waals surface area contributed by atoms with Gasteiger partial charge in [0, 0.05) is 37.0 Å². The first kappa shape index (κ1) is 19.7. The smallest absolute Gasteiger partial charge is 0.234 e. The maximum absolute atomic E-state index is 12.6. The summed E-state index contributed by atoms with van der Waals surface area (Å²) in [6.45, 7) is 2.59. The Morgan fingerprint density at radius 1 is 1.11 bits per heavy atom. The van der Waals surface area contributed by atoms with Crippen LogP contribution in [0.5, 0.6) is 5.75 Å². The van der Waals surface area contributed by atoms with Crippen molar-refractivity contribution in [2.24, 2.45) is 5.73 Å². The summed E-state index contributed by atoms with van der Waals surface area (Å²) < 4.78 is 5.67. The maximum atomic E-state index is 12.6. The first-order valence-corrected chi connectivity index (χ1v) is 9.24. The number of amides is 1. The molecule has 0 radical (unpaired) electrons. The predicted octanol–water partition coefficient (Wildman–Crippen LogP) is 2.47. The molecule has 4 rings (SSSR count). The molecule has 27 heavy (non-hydrogen) atoms. The van der Waals surface area contributed by atoms with Crippen molar-refractivity contribution in [3.63, 3.8) is 0 Å². The molecule has 0 spiro atoms. The van der Waals surface area contributed by atoms with Crippen molar-refractivity contribution in [2.75, 3.05) is 26.2 Å². The number of fused-ring (bicyclic) bond motifs is 1. The fourth-order valence-electron chi connectivity index (χ4n) is 4.03. The van der Waals surface area contributed by atoms with Gasteiger partial charge in [0.05, 0.1) is 19.2 Å². The van der Waals surface area contributed by atoms with Gasteiger partial charge in [0.1, 0.15) is 5.75 Å². The van der Waals surface area contributed by atoms with E-state index < -0.39 is 0 Å². The summed E-state index contributed by atoms with van der Waals surface area (Å²) >= 11 is 0. The summed E-state index contributed by atoms with van der Waals surface area (Å²) in [5.74, 6) is 1.21. The zero-order chi connectivity index (χ0) is 17.9. The molecule has 2 aliphatic heterocycles. The molecule has 144 valence electrons. The van der Waals surface area contributed by atoms with Crippen LogP contribution in [0.15, 0.2) is 54.6 Å². The second kappa shape index (κ2) is 8.74. The van der Waals surface area contributed by atoms with Crippen molar-refractivity contribution >= 4 is 18.3 Å². The van der Waals surface area contributed by atoms with E-state index in [1.54, 1.807) is 0 Å². The first-order chi connectivity index (χ1) is 12.7. The number of rotatable bonds is 4. The highest BCUT2D eigenvalue weighted by Gasteiger charge is 2.32. The van der Waals surface area contributed by atoms with Gasteiger partial charge >= 0.3 is 0 Å². The van der Waals surface area contributed by atoms with Crippen molar-refractivity contribution in [3.8, 4) is 5.75 Å². The van der Waals surface area contributed by atoms with Gasteiger partial charge in [-0.05, 0) is 11.6 Å². The second-order valence-corrected chi connectivity index (χ2v) is 7.17. The van der Waals surface area contributed by atoms with Gasteiger partial charge in [0.15, 0.2) is 0 Å². The molecule has 6 heteroatoms. The Bertz CT molecular complexity index is 771. The fraction of sp³-hybridized carbons (Fsp3) is 0.381. The Morgan fingerprint density at radius 2 is 1.85 bits per heavy atom. The number of nitrogens with zero attached hydrogens (tertiary/aromatic N) is 1. The second-order valence-electron chi connectivity index (χ2n) is 7.17. The molecule has 1 fully saturated rings. The third-order valence-corrected chi connectivity index (χ3v) is 5.33. The number of nitrogens with two attached hydrogens (primary N) is 1. The average Bonchev–Trinajstić information content (AvgIpc) is 3.03. The molecule has 2 aliphatic rings. The van der Waals surface area contributed by atoms with Crippen molar-refractivity contribution in [2.45, 2.75) is 24.4 Å². The summed E-state index contributed by atoms with van der Waals surface area (Å²) in [6.07, 6.45) is 0.801. The Hall–Kier alpha value is -2.08. The normalized spacial score (nSPS) is 24.4. The van der Waals surface area contributed by atoms with Crippen molar-refractivity contribution < 1.29 is 9.53 Å². The molecule has 1 saturated heterocycles. The largest absolute Gasteiger partial charge is 0.493 e. The van der Waals surface area contributed by atoms with Crippen LogP contribution in [0.25, 0.3) is 0 Å². The minimum atomic E-state index is 0. The van der Waals surface area contributed by atoms with Crippen LogP contribution < -0.4 is 15.8 Å². The number of carbonyl (C=O) groups is 1. The molecule has 5 nitrogen and oxygen atoms in total. The van der Waals surface area contributed by atoms with Gasteiger partial charge in [0.25, 0.3) is 0 Å². The lowest BCUT2D eigenvalue weighted by molar-refractivity contribution is -0.123. The Kier molecular flexibility index (Phi) is 6.37. The standard InChI is InChI=1S/C21H25N3O2.ClH/c22-18-13-24(12-17(18)15-6-2-1-3-7-15)14-21(25)23-19-10-11-26-20-9-5-4-8-16(19)20;/h1-9,17-19H,10-14,22H2,(H,23,25);1H/t17-,18+,19?;/m0./s1. The third kappa shape index (κ3) is 4.43. The van der Waals surface area contributed by atoms with Crippen LogP contribution in [0.2, 0.25) is 0 Å². The number of likely N-dealkylation sites (tertiary alicyclic amines) is 1. The number of ether oxygens (including phenoxy) is 1. The Morgan fingerprint density at radius 3 is 2.67 bits per heavy atom. The van der Waals surface area contributed by atoms with Gasteiger partial charge in [-0.2, -0.15) is 0 Å². The van der Waals surface area contributed by atoms with Gasteiger partial charge < -0.3 is 15.8 Å². The SMILES string of the molecule is Cl.N[C@@H]1CN(CC(=O)NC2CCOc3ccccc32)C[C@H]1c1ccccc1. The number of hydrogen-bond donors (Lipinski definition) is 2. The number of benzene rings is 2. The number of nitrogens with one attached hydrogen (secondary N) is 1. The fourth-order valence-corrected chi connectivity index (χ4v) is 4.03. The molecule has 0 saturated carbocycles. The lowest BCUT2D eigenvalue weighted by Gasteiger charge is -2.27. The molecule has 2 aromatic rings. The molecule has 1 unspecified atom stereocenters. The van der Waals surface area contributed by atoms with Crippen molar-refractivity contribution in [1.29, 1.82) is 0 Å². The molecule has 0 bridgehead atoms. The van der Waals surface area contributed by atoms with Crippen LogP contribution in [0.1, 0.15) is 29.5 Å². The van der Waals surface area contributed by atoms with E-state index in [0.29, 0.717) is 13.2 Å². The number of carbonyl (C=O) groups excluding carboxylic acids is 1. The van der Waals surface area contributed by atoms with Crippen LogP contribution in [-0.2, 0) is 4.79 Å². The van der Waals surface area contributed by atoms with Gasteiger partial charge in [-0.15, -0.1) is 12.4 Å². The highest BCUT2D eigenvalue weighted by Crippen LogP contribution is 2.31. The van der Waals surface area contributed by atoms with Crippen molar-refractivity contribution in [1.82, 2.24) is 10.2 Å². The molecule has 1 amide bonds. The lowest BCUT2D eigenvalue weighted by atomic mass is 9.95. The Balaban J connectivity index is 0.00000210. The summed E-state index contributed by atoms with van der Waals surface area (Å²) in [7, 11) is 0. The van der Waals surface area contributed by atoms with E-state index in [9.17, 15) is 4.79 Å². The summed E-state index contributed by atoms with van der Waals surface area (Å²) in [4.78, 5) is 14.7. The van der Waals surface area contributed by atoms with Gasteiger partial charge in [-0.3, -0.25) is 9.69 Å². The van der Waals surface area contributed by atoms with E-state index in [-0.39, 0.29) is 36.3 Å². The summed E-state index contributed by atoms with van der Waals surface area (Å²) in [6, 6.07) is 18.3. The van der Waals surface area contributed by atoms with Crippen LogP contribution in [0.4, 0.5) is 0 Å². The highest BCUT2D eigenvalue weighted by molar-refractivity contribution is 5.85. The zero-order valence-corrected chi connectivity index (χ0v) is 16.0. The molecule has 2 aromatic carbocycles. The van der Waals surface area contributed by atoms with Gasteiger partial charge in [-0.1, -0.05) is 48.5 Å². The number of halogens is 1. The first-order valence-electron chi connectivity index (χ1n) is 9.24. The van der Waals surface area contributed by atoms with Gasteiger partial charge in [-0.25, -0.2) is 0 Å². The minimum absolute atomic E-state index is 0. The van der Waals surface area contributed by atoms with Crippen LogP contribution in [0, 0.1) is 0 Å². The van der Waals surface area contributed by atoms with E-state index >= 15 is 0 Å². The van der Waals surface area contributed by atoms with Crippen LogP contribution in [0.3, 0.4) is 0 Å². The quantitative estimate of drug-likeness (QED) is 0.845.